The molecule has 3 rings (SSSR count). The summed E-state index contributed by atoms with van der Waals surface area (Å²) in [6, 6.07) is 6.05. The first-order valence-corrected chi connectivity index (χ1v) is 7.37. The molecule has 1 saturated carbocycles. The van der Waals surface area contributed by atoms with Crippen molar-refractivity contribution in [1.29, 1.82) is 0 Å². The standard InChI is InChI=1S/C15H21N3O2/c1-11-3-2-4-14(18(19)20)15(11)16-9-12-7-8-17(10-12)13-5-6-13/h2-4,12-13,16H,5-10H2,1H3. The second-order valence-electron chi connectivity index (χ2n) is 5.99. The molecular formula is C15H21N3O2. The molecule has 20 heavy (non-hydrogen) atoms. The highest BCUT2D eigenvalue weighted by atomic mass is 16.6. The Hall–Kier alpha value is -1.62. The van der Waals surface area contributed by atoms with Gasteiger partial charge in [0, 0.05) is 25.2 Å². The number of benzene rings is 1. The maximum Gasteiger partial charge on any atom is 0.292 e. The monoisotopic (exact) mass is 275 g/mol. The van der Waals surface area contributed by atoms with E-state index in [2.05, 4.69) is 10.2 Å². The number of hydrogen-bond donors (Lipinski definition) is 1. The summed E-state index contributed by atoms with van der Waals surface area (Å²) in [5, 5.41) is 14.4. The third-order valence-electron chi connectivity index (χ3n) is 4.40. The first kappa shape index (κ1) is 13.4. The zero-order valence-corrected chi connectivity index (χ0v) is 11.8. The van der Waals surface area contributed by atoms with Gasteiger partial charge in [0.05, 0.1) is 4.92 Å². The van der Waals surface area contributed by atoms with Crippen molar-refractivity contribution in [3.8, 4) is 0 Å². The largest absolute Gasteiger partial charge is 0.379 e. The normalized spacial score (nSPS) is 22.9. The Morgan fingerprint density at radius 2 is 2.20 bits per heavy atom. The summed E-state index contributed by atoms with van der Waals surface area (Å²) in [4.78, 5) is 13.3. The molecule has 0 aromatic heterocycles. The summed E-state index contributed by atoms with van der Waals surface area (Å²) in [6.07, 6.45) is 3.90. The second-order valence-corrected chi connectivity index (χ2v) is 5.99. The van der Waals surface area contributed by atoms with Crippen molar-refractivity contribution in [3.63, 3.8) is 0 Å². The van der Waals surface area contributed by atoms with Gasteiger partial charge in [-0.15, -0.1) is 0 Å². The Balaban J connectivity index is 1.62. The highest BCUT2D eigenvalue weighted by Crippen LogP contribution is 2.33. The molecule has 1 aliphatic heterocycles. The van der Waals surface area contributed by atoms with Crippen LogP contribution in [0.15, 0.2) is 18.2 Å². The minimum absolute atomic E-state index is 0.182. The van der Waals surface area contributed by atoms with Crippen molar-refractivity contribution >= 4 is 11.4 Å². The van der Waals surface area contributed by atoms with E-state index in [0.717, 1.165) is 24.7 Å². The Labute approximate surface area is 119 Å². The molecular weight excluding hydrogens is 254 g/mol. The lowest BCUT2D eigenvalue weighted by Crippen LogP contribution is -2.25. The SMILES string of the molecule is Cc1cccc([N+](=O)[O-])c1NCC1CCN(C2CC2)C1. The molecule has 5 heteroatoms. The topological polar surface area (TPSA) is 58.4 Å². The molecule has 1 saturated heterocycles. The predicted octanol–water partition coefficient (Wildman–Crippen LogP) is 2.80. The second kappa shape index (κ2) is 5.40. The number of anilines is 1. The van der Waals surface area contributed by atoms with Crippen LogP contribution in [-0.4, -0.2) is 35.5 Å². The average Bonchev–Trinajstić information content (AvgIpc) is 3.16. The fourth-order valence-electron chi connectivity index (χ4n) is 3.08. The lowest BCUT2D eigenvalue weighted by Gasteiger charge is -2.16. The summed E-state index contributed by atoms with van der Waals surface area (Å²) < 4.78 is 0. The molecule has 2 fully saturated rings. The minimum Gasteiger partial charge on any atom is -0.379 e. The van der Waals surface area contributed by atoms with E-state index < -0.39 is 0 Å². The van der Waals surface area contributed by atoms with Crippen LogP contribution in [-0.2, 0) is 0 Å². The molecule has 1 unspecified atom stereocenters. The van der Waals surface area contributed by atoms with Gasteiger partial charge in [-0.05, 0) is 44.2 Å². The number of nitro benzene ring substituents is 1. The van der Waals surface area contributed by atoms with Crippen LogP contribution in [0.1, 0.15) is 24.8 Å². The van der Waals surface area contributed by atoms with Gasteiger partial charge >= 0.3 is 0 Å². The van der Waals surface area contributed by atoms with E-state index in [0.29, 0.717) is 11.6 Å². The molecule has 0 bridgehead atoms. The van der Waals surface area contributed by atoms with Crippen molar-refractivity contribution in [2.45, 2.75) is 32.2 Å². The van der Waals surface area contributed by atoms with Crippen LogP contribution in [0.25, 0.3) is 0 Å². The molecule has 1 aromatic rings. The zero-order valence-electron chi connectivity index (χ0n) is 11.8. The first-order valence-electron chi connectivity index (χ1n) is 7.37. The lowest BCUT2D eigenvalue weighted by atomic mass is 10.1. The quantitative estimate of drug-likeness (QED) is 0.663. The van der Waals surface area contributed by atoms with Gasteiger partial charge in [-0.3, -0.25) is 10.1 Å². The van der Waals surface area contributed by atoms with Crippen molar-refractivity contribution in [2.75, 3.05) is 25.0 Å². The van der Waals surface area contributed by atoms with E-state index in [4.69, 9.17) is 0 Å². The molecule has 0 spiro atoms. The predicted molar refractivity (Wildman–Crippen MR) is 79.0 cm³/mol. The van der Waals surface area contributed by atoms with E-state index >= 15 is 0 Å². The number of nitro groups is 1. The van der Waals surface area contributed by atoms with Crippen LogP contribution in [0, 0.1) is 23.0 Å². The number of nitrogens with zero attached hydrogens (tertiary/aromatic N) is 2. The van der Waals surface area contributed by atoms with Crippen molar-refractivity contribution in [3.05, 3.63) is 33.9 Å². The molecule has 5 nitrogen and oxygen atoms in total. The molecule has 1 N–H and O–H groups in total. The van der Waals surface area contributed by atoms with E-state index in [1.807, 2.05) is 13.0 Å². The van der Waals surface area contributed by atoms with Crippen LogP contribution in [0.4, 0.5) is 11.4 Å². The zero-order chi connectivity index (χ0) is 14.1. The van der Waals surface area contributed by atoms with Crippen molar-refractivity contribution in [1.82, 2.24) is 4.90 Å². The maximum absolute atomic E-state index is 11.1. The maximum atomic E-state index is 11.1. The highest BCUT2D eigenvalue weighted by molar-refractivity contribution is 5.65. The van der Waals surface area contributed by atoms with Gasteiger partial charge in [0.15, 0.2) is 0 Å². The Morgan fingerprint density at radius 1 is 1.40 bits per heavy atom. The Morgan fingerprint density at radius 3 is 2.90 bits per heavy atom. The average molecular weight is 275 g/mol. The van der Waals surface area contributed by atoms with Gasteiger partial charge < -0.3 is 10.2 Å². The van der Waals surface area contributed by atoms with Crippen molar-refractivity contribution in [2.24, 2.45) is 5.92 Å². The third-order valence-corrected chi connectivity index (χ3v) is 4.40. The van der Waals surface area contributed by atoms with Gasteiger partial charge in [-0.1, -0.05) is 12.1 Å². The third kappa shape index (κ3) is 2.77. The van der Waals surface area contributed by atoms with Gasteiger partial charge in [0.25, 0.3) is 5.69 Å². The van der Waals surface area contributed by atoms with Gasteiger partial charge in [-0.25, -0.2) is 0 Å². The van der Waals surface area contributed by atoms with Crippen LogP contribution < -0.4 is 5.32 Å². The van der Waals surface area contributed by atoms with Crippen molar-refractivity contribution < 1.29 is 4.92 Å². The molecule has 2 aliphatic rings. The molecule has 1 atom stereocenters. The van der Waals surface area contributed by atoms with Crippen LogP contribution >= 0.6 is 0 Å². The number of rotatable bonds is 5. The number of likely N-dealkylation sites (tertiary alicyclic amines) is 1. The Bertz CT molecular complexity index is 514. The van der Waals surface area contributed by atoms with Gasteiger partial charge in [-0.2, -0.15) is 0 Å². The summed E-state index contributed by atoms with van der Waals surface area (Å²) in [5.74, 6) is 0.606. The van der Waals surface area contributed by atoms with E-state index in [9.17, 15) is 10.1 Å². The smallest absolute Gasteiger partial charge is 0.292 e. The lowest BCUT2D eigenvalue weighted by molar-refractivity contribution is -0.384. The fourth-order valence-corrected chi connectivity index (χ4v) is 3.08. The molecule has 0 radical (unpaired) electrons. The van der Waals surface area contributed by atoms with Gasteiger partial charge in [0.1, 0.15) is 5.69 Å². The van der Waals surface area contributed by atoms with Crippen LogP contribution in [0.3, 0.4) is 0 Å². The molecule has 1 heterocycles. The first-order chi connectivity index (χ1) is 9.65. The molecule has 1 aromatic carbocycles. The number of para-hydroxylation sites is 1. The van der Waals surface area contributed by atoms with Crippen LogP contribution in [0.5, 0.6) is 0 Å². The minimum atomic E-state index is -0.305. The van der Waals surface area contributed by atoms with Crippen LogP contribution in [0.2, 0.25) is 0 Å². The number of aryl methyl sites for hydroxylation is 1. The summed E-state index contributed by atoms with van der Waals surface area (Å²) in [7, 11) is 0. The Kier molecular flexibility index (Phi) is 3.61. The van der Waals surface area contributed by atoms with E-state index in [1.165, 1.54) is 25.8 Å². The fraction of sp³-hybridized carbons (Fsp3) is 0.600. The highest BCUT2D eigenvalue weighted by Gasteiger charge is 2.34. The summed E-state index contributed by atoms with van der Waals surface area (Å²) in [6.45, 7) is 5.07. The molecule has 0 amide bonds. The number of hydrogen-bond acceptors (Lipinski definition) is 4. The molecule has 1 aliphatic carbocycles. The van der Waals surface area contributed by atoms with E-state index in [-0.39, 0.29) is 10.6 Å². The van der Waals surface area contributed by atoms with E-state index in [1.54, 1.807) is 12.1 Å². The van der Waals surface area contributed by atoms with Gasteiger partial charge in [0.2, 0.25) is 0 Å². The number of nitrogens with one attached hydrogen (secondary N) is 1. The molecule has 108 valence electrons. The summed E-state index contributed by atoms with van der Waals surface area (Å²) >= 11 is 0. The summed E-state index contributed by atoms with van der Waals surface area (Å²) in [5.41, 5.74) is 1.81.